The Morgan fingerprint density at radius 2 is 1.50 bits per heavy atom. The van der Waals surface area contributed by atoms with Crippen LogP contribution in [-0.4, -0.2) is 38.0 Å². The number of fused-ring (bicyclic) bond motifs is 2. The van der Waals surface area contributed by atoms with Crippen molar-refractivity contribution in [2.45, 2.75) is 0 Å². The zero-order chi connectivity index (χ0) is 19.8. The molecule has 0 atom stereocenters. The van der Waals surface area contributed by atoms with Crippen LogP contribution in [0.5, 0.6) is 23.0 Å². The van der Waals surface area contributed by atoms with Gasteiger partial charge in [-0.15, -0.1) is 0 Å². The molecular formula is C22H22N2O4. The Labute approximate surface area is 163 Å². The average molecular weight is 378 g/mol. The highest BCUT2D eigenvalue weighted by molar-refractivity contribution is 6.13. The van der Waals surface area contributed by atoms with Crippen molar-refractivity contribution in [1.82, 2.24) is 9.55 Å². The van der Waals surface area contributed by atoms with E-state index in [0.29, 0.717) is 17.2 Å². The van der Waals surface area contributed by atoms with Crippen LogP contribution >= 0.6 is 0 Å². The average Bonchev–Trinajstić information content (AvgIpc) is 3.11. The van der Waals surface area contributed by atoms with E-state index < -0.39 is 0 Å². The minimum Gasteiger partial charge on any atom is -0.497 e. The number of aromatic nitrogens is 2. The summed E-state index contributed by atoms with van der Waals surface area (Å²) in [6.07, 6.45) is 1.82. The largest absolute Gasteiger partial charge is 0.497 e. The van der Waals surface area contributed by atoms with Gasteiger partial charge in [0.15, 0.2) is 11.5 Å². The van der Waals surface area contributed by atoms with Gasteiger partial charge in [0.25, 0.3) is 0 Å². The third-order valence-corrected chi connectivity index (χ3v) is 5.02. The number of nitrogens with zero attached hydrogens (tertiary/aromatic N) is 2. The lowest BCUT2D eigenvalue weighted by Gasteiger charge is -2.17. The maximum Gasteiger partial charge on any atom is 0.203 e. The molecular weight excluding hydrogens is 356 g/mol. The highest BCUT2D eigenvalue weighted by Gasteiger charge is 2.21. The normalized spacial score (nSPS) is 11.0. The van der Waals surface area contributed by atoms with Crippen LogP contribution < -0.4 is 18.9 Å². The van der Waals surface area contributed by atoms with Crippen LogP contribution in [0.2, 0.25) is 0 Å². The molecule has 0 saturated heterocycles. The molecule has 6 heteroatoms. The SMILES string of the molecule is COc1ccc(-c2c3cc(OC)c(OC)c(OC)c3cc3c2ncn3C)cc1. The number of hydrogen-bond donors (Lipinski definition) is 0. The molecule has 0 aliphatic rings. The molecule has 3 aromatic carbocycles. The number of aryl methyl sites for hydroxylation is 1. The monoisotopic (exact) mass is 378 g/mol. The zero-order valence-corrected chi connectivity index (χ0v) is 16.6. The zero-order valence-electron chi connectivity index (χ0n) is 16.6. The van der Waals surface area contributed by atoms with Gasteiger partial charge in [0.1, 0.15) is 5.75 Å². The van der Waals surface area contributed by atoms with E-state index in [-0.39, 0.29) is 0 Å². The van der Waals surface area contributed by atoms with Gasteiger partial charge in [-0.1, -0.05) is 12.1 Å². The molecule has 0 aliphatic carbocycles. The number of imidazole rings is 1. The Balaban J connectivity index is 2.18. The van der Waals surface area contributed by atoms with Crippen molar-refractivity contribution in [1.29, 1.82) is 0 Å². The Morgan fingerprint density at radius 3 is 2.11 bits per heavy atom. The minimum absolute atomic E-state index is 0.569. The van der Waals surface area contributed by atoms with Crippen LogP contribution in [0.3, 0.4) is 0 Å². The van der Waals surface area contributed by atoms with E-state index in [2.05, 4.69) is 11.1 Å². The van der Waals surface area contributed by atoms with Crippen molar-refractivity contribution >= 4 is 21.8 Å². The molecule has 4 aromatic rings. The van der Waals surface area contributed by atoms with E-state index in [0.717, 1.165) is 38.7 Å². The lowest BCUT2D eigenvalue weighted by atomic mass is 9.95. The second-order valence-electron chi connectivity index (χ2n) is 6.44. The second-order valence-corrected chi connectivity index (χ2v) is 6.44. The molecule has 1 aromatic heterocycles. The van der Waals surface area contributed by atoms with Crippen LogP contribution in [0.15, 0.2) is 42.7 Å². The summed E-state index contributed by atoms with van der Waals surface area (Å²) in [5.41, 5.74) is 3.96. The van der Waals surface area contributed by atoms with Gasteiger partial charge in [-0.3, -0.25) is 0 Å². The summed E-state index contributed by atoms with van der Waals surface area (Å²) in [4.78, 5) is 4.66. The van der Waals surface area contributed by atoms with Gasteiger partial charge >= 0.3 is 0 Å². The molecule has 0 amide bonds. The van der Waals surface area contributed by atoms with Crippen LogP contribution in [0.25, 0.3) is 32.9 Å². The van der Waals surface area contributed by atoms with Gasteiger partial charge in [0.2, 0.25) is 5.75 Å². The predicted molar refractivity (Wildman–Crippen MR) is 110 cm³/mol. The fourth-order valence-corrected chi connectivity index (χ4v) is 3.65. The van der Waals surface area contributed by atoms with E-state index in [1.807, 2.05) is 48.3 Å². The number of benzene rings is 3. The lowest BCUT2D eigenvalue weighted by molar-refractivity contribution is 0.327. The number of methoxy groups -OCH3 is 4. The van der Waals surface area contributed by atoms with Gasteiger partial charge in [0, 0.05) is 18.0 Å². The minimum atomic E-state index is 0.569. The molecule has 0 spiro atoms. The van der Waals surface area contributed by atoms with E-state index >= 15 is 0 Å². The van der Waals surface area contributed by atoms with Crippen molar-refractivity contribution in [3.05, 3.63) is 42.7 Å². The van der Waals surface area contributed by atoms with E-state index in [4.69, 9.17) is 18.9 Å². The van der Waals surface area contributed by atoms with Gasteiger partial charge in [-0.05, 0) is 35.2 Å². The molecule has 28 heavy (non-hydrogen) atoms. The highest BCUT2D eigenvalue weighted by atomic mass is 16.5. The molecule has 4 rings (SSSR count). The Kier molecular flexibility index (Phi) is 4.47. The molecule has 0 radical (unpaired) electrons. The highest BCUT2D eigenvalue weighted by Crippen LogP contribution is 2.48. The Morgan fingerprint density at radius 1 is 0.786 bits per heavy atom. The molecule has 0 bridgehead atoms. The number of rotatable bonds is 5. The number of ether oxygens (including phenoxy) is 4. The van der Waals surface area contributed by atoms with E-state index in [1.54, 1.807) is 28.4 Å². The Bertz CT molecular complexity index is 1160. The molecule has 0 aliphatic heterocycles. The first-order valence-corrected chi connectivity index (χ1v) is 8.84. The van der Waals surface area contributed by atoms with Crippen LogP contribution in [-0.2, 0) is 7.05 Å². The van der Waals surface area contributed by atoms with Crippen LogP contribution in [0.1, 0.15) is 0 Å². The van der Waals surface area contributed by atoms with Gasteiger partial charge in [-0.2, -0.15) is 0 Å². The lowest BCUT2D eigenvalue weighted by Crippen LogP contribution is -1.97. The first-order valence-electron chi connectivity index (χ1n) is 8.84. The fourth-order valence-electron chi connectivity index (χ4n) is 3.65. The first kappa shape index (κ1) is 18.0. The van der Waals surface area contributed by atoms with E-state index in [1.165, 1.54) is 0 Å². The Hall–Kier alpha value is -3.41. The summed E-state index contributed by atoms with van der Waals surface area (Å²) in [6, 6.07) is 12.0. The van der Waals surface area contributed by atoms with Crippen molar-refractivity contribution in [3.8, 4) is 34.1 Å². The van der Waals surface area contributed by atoms with E-state index in [9.17, 15) is 0 Å². The summed E-state index contributed by atoms with van der Waals surface area (Å²) >= 11 is 0. The summed E-state index contributed by atoms with van der Waals surface area (Å²) in [5.74, 6) is 2.62. The molecule has 144 valence electrons. The topological polar surface area (TPSA) is 54.7 Å². The molecule has 6 nitrogen and oxygen atoms in total. The summed E-state index contributed by atoms with van der Waals surface area (Å²) in [5, 5.41) is 1.91. The molecule has 0 N–H and O–H groups in total. The maximum atomic E-state index is 5.73. The van der Waals surface area contributed by atoms with Crippen LogP contribution in [0, 0.1) is 0 Å². The van der Waals surface area contributed by atoms with Crippen molar-refractivity contribution < 1.29 is 18.9 Å². The fraction of sp³-hybridized carbons (Fsp3) is 0.227. The maximum absolute atomic E-state index is 5.73. The number of hydrogen-bond acceptors (Lipinski definition) is 5. The third-order valence-electron chi connectivity index (χ3n) is 5.02. The van der Waals surface area contributed by atoms with Gasteiger partial charge in [0.05, 0.1) is 45.8 Å². The smallest absolute Gasteiger partial charge is 0.203 e. The summed E-state index contributed by atoms with van der Waals surface area (Å²) < 4.78 is 24.2. The predicted octanol–water partition coefficient (Wildman–Crippen LogP) is 4.43. The quantitative estimate of drug-likeness (QED) is 0.514. The van der Waals surface area contributed by atoms with Crippen molar-refractivity contribution in [3.63, 3.8) is 0 Å². The summed E-state index contributed by atoms with van der Waals surface area (Å²) in [7, 11) is 8.50. The van der Waals surface area contributed by atoms with Gasteiger partial charge < -0.3 is 23.5 Å². The molecule has 0 fully saturated rings. The first-order chi connectivity index (χ1) is 13.6. The van der Waals surface area contributed by atoms with Crippen molar-refractivity contribution in [2.24, 2.45) is 7.05 Å². The molecule has 1 heterocycles. The standard InChI is InChI=1S/C22H22N2O4/c1-24-12-23-20-17(24)10-16-15(11-18(26-3)22(28-5)21(16)27-4)19(20)13-6-8-14(25-2)9-7-13/h6-12H,1-5H3. The molecule has 0 unspecified atom stereocenters. The van der Waals surface area contributed by atoms with Crippen molar-refractivity contribution in [2.75, 3.05) is 28.4 Å². The van der Waals surface area contributed by atoms with Gasteiger partial charge in [-0.25, -0.2) is 4.98 Å². The second kappa shape index (κ2) is 6.96. The summed E-state index contributed by atoms with van der Waals surface area (Å²) in [6.45, 7) is 0. The van der Waals surface area contributed by atoms with Crippen LogP contribution in [0.4, 0.5) is 0 Å². The molecule has 0 saturated carbocycles. The third kappa shape index (κ3) is 2.60.